The van der Waals surface area contributed by atoms with Crippen molar-refractivity contribution < 1.29 is 14.9 Å². The summed E-state index contributed by atoms with van der Waals surface area (Å²) in [6.07, 6.45) is 6.15. The van der Waals surface area contributed by atoms with Crippen LogP contribution in [0.25, 0.3) is 0 Å². The summed E-state index contributed by atoms with van der Waals surface area (Å²) in [5.74, 6) is 0.626. The smallest absolute Gasteiger partial charge is 0.146 e. The maximum atomic E-state index is 9.38. The second kappa shape index (κ2) is 8.06. The summed E-state index contributed by atoms with van der Waals surface area (Å²) in [7, 11) is 0. The summed E-state index contributed by atoms with van der Waals surface area (Å²) < 4.78 is 5.71. The van der Waals surface area contributed by atoms with E-state index in [-0.39, 0.29) is 13.2 Å². The number of ether oxygens (including phenoxy) is 1. The third kappa shape index (κ3) is 3.96. The van der Waals surface area contributed by atoms with Crippen molar-refractivity contribution >= 4 is 0 Å². The Labute approximate surface area is 109 Å². The molecule has 0 radical (unpaired) electrons. The van der Waals surface area contributed by atoms with Gasteiger partial charge in [-0.15, -0.1) is 0 Å². The van der Waals surface area contributed by atoms with Gasteiger partial charge in [0.05, 0.1) is 25.5 Å². The Hall–Kier alpha value is -1.13. The zero-order chi connectivity index (χ0) is 13.4. The third-order valence-corrected chi connectivity index (χ3v) is 2.98. The minimum Gasteiger partial charge on any atom is -0.491 e. The van der Waals surface area contributed by atoms with Crippen LogP contribution in [-0.2, 0) is 13.2 Å². The van der Waals surface area contributed by atoms with Crippen molar-refractivity contribution in [2.24, 2.45) is 0 Å². The van der Waals surface area contributed by atoms with E-state index in [9.17, 15) is 10.2 Å². The minimum absolute atomic E-state index is 0.130. The van der Waals surface area contributed by atoms with Crippen LogP contribution in [0.15, 0.2) is 6.20 Å². The molecule has 0 bridgehead atoms. The molecule has 4 nitrogen and oxygen atoms in total. The lowest BCUT2D eigenvalue weighted by Gasteiger charge is -2.15. The quantitative estimate of drug-likeness (QED) is 0.698. The summed E-state index contributed by atoms with van der Waals surface area (Å²) in [6.45, 7) is 4.38. The highest BCUT2D eigenvalue weighted by Crippen LogP contribution is 2.25. The fourth-order valence-electron chi connectivity index (χ4n) is 1.88. The molecule has 0 amide bonds. The standard InChI is InChI=1S/C14H23NO3/c1-3-4-5-6-7-18-14-11(2)15-8-12(9-16)13(14)10-17/h8,16-17H,3-7,9-10H2,1-2H3. The van der Waals surface area contributed by atoms with Crippen LogP contribution < -0.4 is 4.74 Å². The van der Waals surface area contributed by atoms with Crippen molar-refractivity contribution in [1.29, 1.82) is 0 Å². The lowest BCUT2D eigenvalue weighted by atomic mass is 10.1. The van der Waals surface area contributed by atoms with Gasteiger partial charge in [0.2, 0.25) is 0 Å². The molecule has 0 saturated heterocycles. The second-order valence-electron chi connectivity index (χ2n) is 4.40. The highest BCUT2D eigenvalue weighted by Gasteiger charge is 2.12. The predicted molar refractivity (Wildman–Crippen MR) is 70.5 cm³/mol. The molecular weight excluding hydrogens is 230 g/mol. The molecule has 0 aromatic carbocycles. The van der Waals surface area contributed by atoms with E-state index in [0.29, 0.717) is 23.5 Å². The van der Waals surface area contributed by atoms with E-state index in [0.717, 1.165) is 18.5 Å². The average molecular weight is 253 g/mol. The first-order valence-electron chi connectivity index (χ1n) is 6.56. The summed E-state index contributed by atoms with van der Waals surface area (Å²) >= 11 is 0. The molecule has 2 N–H and O–H groups in total. The molecule has 0 fully saturated rings. The van der Waals surface area contributed by atoms with Gasteiger partial charge in [0.15, 0.2) is 0 Å². The third-order valence-electron chi connectivity index (χ3n) is 2.98. The van der Waals surface area contributed by atoms with Crippen LogP contribution in [0, 0.1) is 6.92 Å². The van der Waals surface area contributed by atoms with E-state index in [4.69, 9.17) is 4.74 Å². The Balaban J connectivity index is 2.68. The largest absolute Gasteiger partial charge is 0.491 e. The average Bonchev–Trinajstić information content (AvgIpc) is 2.39. The number of aryl methyl sites for hydroxylation is 1. The van der Waals surface area contributed by atoms with Crippen molar-refractivity contribution in [2.45, 2.75) is 52.7 Å². The summed E-state index contributed by atoms with van der Waals surface area (Å²) in [5, 5.41) is 18.6. The van der Waals surface area contributed by atoms with E-state index in [1.807, 2.05) is 6.92 Å². The predicted octanol–water partition coefficient (Wildman–Crippen LogP) is 2.33. The van der Waals surface area contributed by atoms with Gasteiger partial charge in [0.1, 0.15) is 5.75 Å². The normalized spacial score (nSPS) is 10.7. The van der Waals surface area contributed by atoms with Gasteiger partial charge in [0.25, 0.3) is 0 Å². The van der Waals surface area contributed by atoms with Gasteiger partial charge in [-0.25, -0.2) is 0 Å². The van der Waals surface area contributed by atoms with Crippen molar-refractivity contribution in [3.05, 3.63) is 23.0 Å². The van der Waals surface area contributed by atoms with Crippen molar-refractivity contribution in [1.82, 2.24) is 4.98 Å². The van der Waals surface area contributed by atoms with Crippen LogP contribution in [0.3, 0.4) is 0 Å². The number of aliphatic hydroxyl groups excluding tert-OH is 2. The zero-order valence-electron chi connectivity index (χ0n) is 11.3. The molecule has 0 saturated carbocycles. The molecule has 0 aliphatic heterocycles. The summed E-state index contributed by atoms with van der Waals surface area (Å²) in [4.78, 5) is 4.18. The molecule has 1 heterocycles. The molecule has 1 aromatic rings. The minimum atomic E-state index is -0.135. The highest BCUT2D eigenvalue weighted by molar-refractivity contribution is 5.41. The van der Waals surface area contributed by atoms with Gasteiger partial charge in [-0.2, -0.15) is 0 Å². The van der Waals surface area contributed by atoms with E-state index >= 15 is 0 Å². The molecular formula is C14H23NO3. The van der Waals surface area contributed by atoms with Crippen LogP contribution in [0.2, 0.25) is 0 Å². The number of unbranched alkanes of at least 4 members (excludes halogenated alkanes) is 3. The zero-order valence-corrected chi connectivity index (χ0v) is 11.3. The topological polar surface area (TPSA) is 62.6 Å². The Morgan fingerprint density at radius 1 is 1.17 bits per heavy atom. The molecule has 0 aliphatic carbocycles. The van der Waals surface area contributed by atoms with Crippen molar-refractivity contribution in [3.8, 4) is 5.75 Å². The SMILES string of the molecule is CCCCCCOc1c(C)ncc(CO)c1CO. The molecule has 0 aliphatic rings. The van der Waals surface area contributed by atoms with Crippen LogP contribution in [0.4, 0.5) is 0 Å². The van der Waals surface area contributed by atoms with Gasteiger partial charge in [0, 0.05) is 17.3 Å². The van der Waals surface area contributed by atoms with Crippen LogP contribution in [0.1, 0.15) is 49.4 Å². The monoisotopic (exact) mass is 253 g/mol. The number of hydrogen-bond acceptors (Lipinski definition) is 4. The van der Waals surface area contributed by atoms with Crippen molar-refractivity contribution in [2.75, 3.05) is 6.61 Å². The number of rotatable bonds is 8. The fraction of sp³-hybridized carbons (Fsp3) is 0.643. The Morgan fingerprint density at radius 2 is 1.94 bits per heavy atom. The van der Waals surface area contributed by atoms with Crippen LogP contribution in [-0.4, -0.2) is 21.8 Å². The molecule has 0 atom stereocenters. The number of nitrogens with zero attached hydrogens (tertiary/aromatic N) is 1. The van der Waals surface area contributed by atoms with Crippen molar-refractivity contribution in [3.63, 3.8) is 0 Å². The maximum Gasteiger partial charge on any atom is 0.146 e. The first-order chi connectivity index (χ1) is 8.74. The highest BCUT2D eigenvalue weighted by atomic mass is 16.5. The second-order valence-corrected chi connectivity index (χ2v) is 4.40. The first-order valence-corrected chi connectivity index (χ1v) is 6.56. The maximum absolute atomic E-state index is 9.38. The van der Waals surface area contributed by atoms with Gasteiger partial charge in [-0.3, -0.25) is 4.98 Å². The molecule has 0 spiro atoms. The van der Waals surface area contributed by atoms with E-state index in [1.54, 1.807) is 6.20 Å². The molecule has 102 valence electrons. The molecule has 18 heavy (non-hydrogen) atoms. The Bertz CT molecular complexity index is 366. The number of hydrogen-bond donors (Lipinski definition) is 2. The van der Waals surface area contributed by atoms with Gasteiger partial charge in [-0.05, 0) is 13.3 Å². The lowest BCUT2D eigenvalue weighted by molar-refractivity contribution is 0.243. The molecule has 1 aromatic heterocycles. The number of aromatic nitrogens is 1. The van der Waals surface area contributed by atoms with Crippen LogP contribution in [0.5, 0.6) is 5.75 Å². The number of pyridine rings is 1. The van der Waals surface area contributed by atoms with Gasteiger partial charge < -0.3 is 14.9 Å². The molecule has 0 unspecified atom stereocenters. The lowest BCUT2D eigenvalue weighted by Crippen LogP contribution is -2.06. The van der Waals surface area contributed by atoms with Gasteiger partial charge in [-0.1, -0.05) is 26.2 Å². The summed E-state index contributed by atoms with van der Waals surface area (Å²) in [6, 6.07) is 0. The Kier molecular flexibility index (Phi) is 6.68. The Morgan fingerprint density at radius 3 is 2.56 bits per heavy atom. The molecule has 4 heteroatoms. The fourth-order valence-corrected chi connectivity index (χ4v) is 1.88. The van der Waals surface area contributed by atoms with Crippen LogP contribution >= 0.6 is 0 Å². The molecule has 1 rings (SSSR count). The van der Waals surface area contributed by atoms with E-state index < -0.39 is 0 Å². The van der Waals surface area contributed by atoms with E-state index in [2.05, 4.69) is 11.9 Å². The number of aliphatic hydroxyl groups is 2. The first kappa shape index (κ1) is 14.9. The van der Waals surface area contributed by atoms with Gasteiger partial charge >= 0.3 is 0 Å². The summed E-state index contributed by atoms with van der Waals surface area (Å²) in [5.41, 5.74) is 2.04. The van der Waals surface area contributed by atoms with E-state index in [1.165, 1.54) is 12.8 Å².